The minimum Gasteiger partial charge on any atom is -0.457 e. The molecule has 0 saturated carbocycles. The van der Waals surface area contributed by atoms with Gasteiger partial charge in [0.05, 0.1) is 5.56 Å². The number of unbranched alkanes of at least 4 members (excludes halogenated alkanes) is 9. The van der Waals surface area contributed by atoms with Crippen LogP contribution < -0.4 is 14.2 Å². The summed E-state index contributed by atoms with van der Waals surface area (Å²) >= 11 is 6.21. The summed E-state index contributed by atoms with van der Waals surface area (Å²) in [6, 6.07) is 9.51. The van der Waals surface area contributed by atoms with Crippen LogP contribution in [0.2, 0.25) is 5.02 Å². The minimum absolute atomic E-state index is 0.0395. The number of halogens is 1. The van der Waals surface area contributed by atoms with Gasteiger partial charge < -0.3 is 18.9 Å². The third kappa shape index (κ3) is 13.9. The number of carbonyl (C=O) groups excluding carboxylic acids is 4. The molecule has 0 N–H and O–H groups in total. The van der Waals surface area contributed by atoms with E-state index >= 15 is 0 Å². The highest BCUT2D eigenvalue weighted by Gasteiger charge is 2.25. The van der Waals surface area contributed by atoms with Gasteiger partial charge in [0, 0.05) is 29.8 Å². The topological polar surface area (TPSA) is 105 Å². The van der Waals surface area contributed by atoms with Crippen LogP contribution in [-0.4, -0.2) is 23.9 Å². The third-order valence-electron chi connectivity index (χ3n) is 6.94. The molecule has 0 aliphatic heterocycles. The normalized spacial score (nSPS) is 10.7. The Bertz CT molecular complexity index is 1160. The lowest BCUT2D eigenvalue weighted by Crippen LogP contribution is -2.16. The maximum atomic E-state index is 13.2. The fourth-order valence-corrected chi connectivity index (χ4v) is 4.58. The smallest absolute Gasteiger partial charge is 0.338 e. The van der Waals surface area contributed by atoms with E-state index < -0.39 is 23.9 Å². The molecule has 0 bridgehead atoms. The highest BCUT2D eigenvalue weighted by molar-refractivity contribution is 6.31. The van der Waals surface area contributed by atoms with Crippen molar-refractivity contribution in [3.05, 3.63) is 52.5 Å². The predicted octanol–water partition coefficient (Wildman–Crippen LogP) is 9.32. The molecule has 44 heavy (non-hydrogen) atoms. The van der Waals surface area contributed by atoms with E-state index in [9.17, 15) is 19.2 Å². The molecule has 0 atom stereocenters. The maximum absolute atomic E-state index is 13.2. The van der Waals surface area contributed by atoms with Crippen LogP contribution in [0, 0.1) is 0 Å². The molecule has 0 amide bonds. The number of hydrogen-bond donors (Lipinski definition) is 0. The number of carbonyl (C=O) groups is 4. The van der Waals surface area contributed by atoms with E-state index in [2.05, 4.69) is 20.8 Å². The van der Waals surface area contributed by atoms with E-state index in [1.807, 2.05) is 0 Å². The van der Waals surface area contributed by atoms with Gasteiger partial charge >= 0.3 is 23.9 Å². The second kappa shape index (κ2) is 21.3. The lowest BCUT2D eigenvalue weighted by Gasteiger charge is -2.17. The molecule has 0 aliphatic rings. The molecule has 2 aromatic carbocycles. The van der Waals surface area contributed by atoms with E-state index in [0.717, 1.165) is 57.8 Å². The molecule has 0 saturated heterocycles. The summed E-state index contributed by atoms with van der Waals surface area (Å²) in [5, 5.41) is 0.442. The molecule has 2 aromatic rings. The van der Waals surface area contributed by atoms with Crippen molar-refractivity contribution in [2.24, 2.45) is 0 Å². The first-order chi connectivity index (χ1) is 21.3. The summed E-state index contributed by atoms with van der Waals surface area (Å²) < 4.78 is 22.4. The largest absolute Gasteiger partial charge is 0.457 e. The van der Waals surface area contributed by atoms with E-state index in [0.29, 0.717) is 29.8 Å². The van der Waals surface area contributed by atoms with Gasteiger partial charge in [-0.05, 0) is 37.5 Å². The summed E-state index contributed by atoms with van der Waals surface area (Å²) in [4.78, 5) is 51.7. The van der Waals surface area contributed by atoms with Crippen LogP contribution in [0.3, 0.4) is 0 Å². The maximum Gasteiger partial charge on any atom is 0.338 e. The van der Waals surface area contributed by atoms with Crippen molar-refractivity contribution in [3.63, 3.8) is 0 Å². The molecule has 9 heteroatoms. The zero-order valence-electron chi connectivity index (χ0n) is 26.4. The van der Waals surface area contributed by atoms with Crippen LogP contribution in [0.15, 0.2) is 36.4 Å². The third-order valence-corrected chi connectivity index (χ3v) is 7.31. The van der Waals surface area contributed by atoms with Crippen molar-refractivity contribution < 1.29 is 38.1 Å². The monoisotopic (exact) mass is 630 g/mol. The van der Waals surface area contributed by atoms with Crippen molar-refractivity contribution in [2.45, 2.75) is 124 Å². The van der Waals surface area contributed by atoms with Gasteiger partial charge in [-0.15, -0.1) is 0 Å². The average molecular weight is 631 g/mol. The molecule has 8 nitrogen and oxygen atoms in total. The van der Waals surface area contributed by atoms with Crippen molar-refractivity contribution in [1.29, 1.82) is 0 Å². The molecule has 242 valence electrons. The van der Waals surface area contributed by atoms with Crippen LogP contribution in [-0.2, 0) is 25.7 Å². The van der Waals surface area contributed by atoms with Gasteiger partial charge in [0.2, 0.25) is 5.75 Å². The Morgan fingerprint density at radius 3 is 1.52 bits per heavy atom. The predicted molar refractivity (Wildman–Crippen MR) is 170 cm³/mol. The van der Waals surface area contributed by atoms with Gasteiger partial charge in [0.25, 0.3) is 0 Å². The minimum atomic E-state index is -0.761. The van der Waals surface area contributed by atoms with Crippen molar-refractivity contribution in [2.75, 3.05) is 0 Å². The SMILES string of the molecule is CCCCCCC(=O)Oc1cc(C(=O)OCc2ccccc2Cl)cc(OC(=O)CCCCCC)c1OC(=O)CCCCCC. The first-order valence-electron chi connectivity index (χ1n) is 16.0. The zero-order valence-corrected chi connectivity index (χ0v) is 27.2. The second-order valence-electron chi connectivity index (χ2n) is 10.8. The number of benzene rings is 2. The lowest BCUT2D eigenvalue weighted by atomic mass is 10.1. The van der Waals surface area contributed by atoms with Gasteiger partial charge in [-0.25, -0.2) is 4.79 Å². The number of ether oxygens (including phenoxy) is 4. The first kappa shape index (κ1) is 36.8. The lowest BCUT2D eigenvalue weighted by molar-refractivity contribution is -0.138. The number of hydrogen-bond acceptors (Lipinski definition) is 8. The summed E-state index contributed by atoms with van der Waals surface area (Å²) in [5.41, 5.74) is 0.566. The molecule has 0 aliphatic carbocycles. The van der Waals surface area contributed by atoms with Gasteiger partial charge in [-0.1, -0.05) is 108 Å². The average Bonchev–Trinajstić information content (AvgIpc) is 3.00. The summed E-state index contributed by atoms with van der Waals surface area (Å²) in [7, 11) is 0. The quantitative estimate of drug-likeness (QED) is 0.0763. The fraction of sp³-hybridized carbons (Fsp3) is 0.543. The molecular formula is C35H47ClO8. The second-order valence-corrected chi connectivity index (χ2v) is 11.2. The molecular weight excluding hydrogens is 584 g/mol. The molecule has 0 unspecified atom stereocenters. The molecule has 0 heterocycles. The van der Waals surface area contributed by atoms with Crippen LogP contribution in [0.25, 0.3) is 0 Å². The molecule has 0 fully saturated rings. The first-order valence-corrected chi connectivity index (χ1v) is 16.4. The Balaban J connectivity index is 2.40. The van der Waals surface area contributed by atoms with E-state index in [1.54, 1.807) is 24.3 Å². The Kier molecular flexibility index (Phi) is 17.8. The van der Waals surface area contributed by atoms with Crippen molar-refractivity contribution >= 4 is 35.5 Å². The number of esters is 4. The summed E-state index contributed by atoms with van der Waals surface area (Å²) in [6.45, 7) is 6.12. The van der Waals surface area contributed by atoms with Crippen LogP contribution in [0.4, 0.5) is 0 Å². The Morgan fingerprint density at radius 2 is 1.07 bits per heavy atom. The molecule has 0 radical (unpaired) electrons. The molecule has 0 aromatic heterocycles. The van der Waals surface area contributed by atoms with Crippen LogP contribution >= 0.6 is 11.6 Å². The Hall–Kier alpha value is -3.39. The summed E-state index contributed by atoms with van der Waals surface area (Å²) in [5.74, 6) is -3.02. The number of rotatable bonds is 21. The van der Waals surface area contributed by atoms with E-state index in [-0.39, 0.29) is 48.7 Å². The van der Waals surface area contributed by atoms with Crippen LogP contribution in [0.5, 0.6) is 17.2 Å². The highest BCUT2D eigenvalue weighted by atomic mass is 35.5. The molecule has 2 rings (SSSR count). The standard InChI is InChI=1S/C35H47ClO8/c1-4-7-10-13-20-31(37)42-29-23-27(35(40)41-25-26-18-16-17-19-28(26)36)24-30(43-32(38)21-14-11-8-5-2)34(29)44-33(39)22-15-12-9-6-3/h16-19,23-24H,4-15,20-22,25H2,1-3H3. The zero-order chi connectivity index (χ0) is 32.2. The Morgan fingerprint density at radius 1 is 0.614 bits per heavy atom. The highest BCUT2D eigenvalue weighted by Crippen LogP contribution is 2.40. The fourth-order valence-electron chi connectivity index (χ4n) is 4.39. The van der Waals surface area contributed by atoms with Crippen molar-refractivity contribution in [1.82, 2.24) is 0 Å². The van der Waals surface area contributed by atoms with E-state index in [1.165, 1.54) is 12.1 Å². The van der Waals surface area contributed by atoms with Gasteiger partial charge in [-0.2, -0.15) is 0 Å². The van der Waals surface area contributed by atoms with Crippen molar-refractivity contribution in [3.8, 4) is 17.2 Å². The Labute approximate surface area is 266 Å². The molecule has 0 spiro atoms. The van der Waals surface area contributed by atoms with Gasteiger partial charge in [0.1, 0.15) is 6.61 Å². The van der Waals surface area contributed by atoms with E-state index in [4.69, 9.17) is 30.5 Å². The van der Waals surface area contributed by atoms with Gasteiger partial charge in [0.15, 0.2) is 11.5 Å². The summed E-state index contributed by atoms with van der Waals surface area (Å²) in [6.07, 6.45) is 10.9. The van der Waals surface area contributed by atoms with Crippen LogP contribution in [0.1, 0.15) is 133 Å². The van der Waals surface area contributed by atoms with Gasteiger partial charge in [-0.3, -0.25) is 14.4 Å².